The first-order valence-electron chi connectivity index (χ1n) is 8.24. The van der Waals surface area contributed by atoms with Crippen molar-refractivity contribution in [2.75, 3.05) is 13.7 Å². The summed E-state index contributed by atoms with van der Waals surface area (Å²) in [6.07, 6.45) is 3.12. The smallest absolute Gasteiger partial charge is 0.260 e. The van der Waals surface area contributed by atoms with Crippen LogP contribution in [0.2, 0.25) is 5.02 Å². The fourth-order valence-electron chi connectivity index (χ4n) is 2.52. The van der Waals surface area contributed by atoms with Gasteiger partial charge in [-0.25, -0.2) is 9.67 Å². The van der Waals surface area contributed by atoms with Crippen LogP contribution in [0, 0.1) is 0 Å². The number of nitrogens with zero attached hydrogens (tertiary/aromatic N) is 4. The molecule has 8 heteroatoms. The van der Waals surface area contributed by atoms with Crippen LogP contribution in [0.3, 0.4) is 0 Å². The third-order valence-electron chi connectivity index (χ3n) is 4.28. The van der Waals surface area contributed by atoms with Crippen LogP contribution in [0.5, 0.6) is 5.75 Å². The minimum absolute atomic E-state index is 0.0841. The Hall–Kier alpha value is -2.38. The van der Waals surface area contributed by atoms with E-state index in [9.17, 15) is 4.79 Å². The number of carbonyl (C=O) groups is 1. The van der Waals surface area contributed by atoms with E-state index in [0.29, 0.717) is 10.8 Å². The van der Waals surface area contributed by atoms with E-state index in [1.54, 1.807) is 35.1 Å². The first-order chi connectivity index (χ1) is 13.0. The van der Waals surface area contributed by atoms with Crippen LogP contribution in [0.4, 0.5) is 0 Å². The van der Waals surface area contributed by atoms with E-state index in [2.05, 4.69) is 26.0 Å². The molecule has 0 aliphatic heterocycles. The second-order valence-electron chi connectivity index (χ2n) is 5.98. The first-order valence-corrected chi connectivity index (χ1v) is 9.41. The summed E-state index contributed by atoms with van der Waals surface area (Å²) in [5.74, 6) is 0.341. The van der Waals surface area contributed by atoms with Crippen molar-refractivity contribution in [3.63, 3.8) is 0 Å². The Labute approximate surface area is 170 Å². The standard InChI is InChI=1S/C19H18BrClN4O2/c1-13(14-3-6-16(7-4-14)25-12-22-11-23-25)24(2)19(26)10-27-18-8-5-15(20)9-17(18)21/h3-9,11-13H,10H2,1-2H3. The predicted molar refractivity (Wildman–Crippen MR) is 107 cm³/mol. The molecule has 0 spiro atoms. The van der Waals surface area contributed by atoms with Gasteiger partial charge in [0.15, 0.2) is 6.61 Å². The molecule has 0 saturated heterocycles. The molecule has 3 aromatic rings. The quantitative estimate of drug-likeness (QED) is 0.563. The highest BCUT2D eigenvalue weighted by molar-refractivity contribution is 9.10. The Kier molecular flexibility index (Phi) is 6.13. The van der Waals surface area contributed by atoms with Gasteiger partial charge in [-0.2, -0.15) is 5.10 Å². The summed E-state index contributed by atoms with van der Waals surface area (Å²) >= 11 is 9.45. The molecule has 1 heterocycles. The van der Waals surface area contributed by atoms with E-state index in [1.165, 1.54) is 6.33 Å². The maximum absolute atomic E-state index is 12.5. The van der Waals surface area contributed by atoms with E-state index in [0.717, 1.165) is 15.7 Å². The number of rotatable bonds is 6. The summed E-state index contributed by atoms with van der Waals surface area (Å²) in [5.41, 5.74) is 1.92. The monoisotopic (exact) mass is 448 g/mol. The molecule has 0 saturated carbocycles. The Morgan fingerprint density at radius 2 is 2.04 bits per heavy atom. The molecule has 27 heavy (non-hydrogen) atoms. The molecule has 2 aromatic carbocycles. The molecule has 1 amide bonds. The fraction of sp³-hybridized carbons (Fsp3) is 0.211. The van der Waals surface area contributed by atoms with Crippen LogP contribution in [-0.2, 0) is 4.79 Å². The second kappa shape index (κ2) is 8.54. The van der Waals surface area contributed by atoms with Crippen LogP contribution >= 0.6 is 27.5 Å². The van der Waals surface area contributed by atoms with Gasteiger partial charge in [-0.15, -0.1) is 0 Å². The molecule has 1 unspecified atom stereocenters. The van der Waals surface area contributed by atoms with Crippen molar-refractivity contribution in [3.8, 4) is 11.4 Å². The van der Waals surface area contributed by atoms with Crippen molar-refractivity contribution in [2.24, 2.45) is 0 Å². The molecule has 0 aliphatic rings. The van der Waals surface area contributed by atoms with E-state index in [-0.39, 0.29) is 18.6 Å². The molecule has 1 atom stereocenters. The third-order valence-corrected chi connectivity index (χ3v) is 5.07. The maximum Gasteiger partial charge on any atom is 0.260 e. The van der Waals surface area contributed by atoms with Crippen molar-refractivity contribution in [1.29, 1.82) is 0 Å². The highest BCUT2D eigenvalue weighted by Crippen LogP contribution is 2.28. The number of benzene rings is 2. The number of ether oxygens (including phenoxy) is 1. The number of hydrogen-bond donors (Lipinski definition) is 0. The van der Waals surface area contributed by atoms with Crippen LogP contribution in [0.15, 0.2) is 59.6 Å². The van der Waals surface area contributed by atoms with E-state index in [4.69, 9.17) is 16.3 Å². The molecular formula is C19H18BrClN4O2. The molecule has 1 aromatic heterocycles. The van der Waals surface area contributed by atoms with Gasteiger partial charge in [0, 0.05) is 11.5 Å². The van der Waals surface area contributed by atoms with Gasteiger partial charge in [0.25, 0.3) is 5.91 Å². The van der Waals surface area contributed by atoms with Gasteiger partial charge in [0.05, 0.1) is 16.8 Å². The summed E-state index contributed by atoms with van der Waals surface area (Å²) in [7, 11) is 1.75. The lowest BCUT2D eigenvalue weighted by Crippen LogP contribution is -2.33. The summed E-state index contributed by atoms with van der Waals surface area (Å²) < 4.78 is 8.10. The highest BCUT2D eigenvalue weighted by Gasteiger charge is 2.18. The number of halogens is 2. The molecule has 0 N–H and O–H groups in total. The van der Waals surface area contributed by atoms with Gasteiger partial charge in [-0.05, 0) is 42.8 Å². The molecular weight excluding hydrogens is 432 g/mol. The predicted octanol–water partition coefficient (Wildman–Crippen LogP) is 4.28. The molecule has 3 rings (SSSR count). The molecule has 0 fully saturated rings. The molecule has 6 nitrogen and oxygen atoms in total. The van der Waals surface area contributed by atoms with Crippen LogP contribution in [0.25, 0.3) is 5.69 Å². The summed E-state index contributed by atoms with van der Waals surface area (Å²) in [6, 6.07) is 13.0. The van der Waals surface area contributed by atoms with Crippen LogP contribution in [0.1, 0.15) is 18.5 Å². The zero-order valence-corrected chi connectivity index (χ0v) is 17.2. The Morgan fingerprint density at radius 1 is 1.30 bits per heavy atom. The largest absolute Gasteiger partial charge is 0.482 e. The average molecular weight is 450 g/mol. The Morgan fingerprint density at radius 3 is 2.67 bits per heavy atom. The summed E-state index contributed by atoms with van der Waals surface area (Å²) in [6.45, 7) is 1.88. The minimum Gasteiger partial charge on any atom is -0.482 e. The third kappa shape index (κ3) is 4.67. The molecule has 0 radical (unpaired) electrons. The number of hydrogen-bond acceptors (Lipinski definition) is 4. The molecule has 140 valence electrons. The number of likely N-dealkylation sites (N-methyl/N-ethyl adjacent to an activating group) is 1. The summed E-state index contributed by atoms with van der Waals surface area (Å²) in [5, 5.41) is 4.56. The minimum atomic E-state index is -0.137. The van der Waals surface area contributed by atoms with Crippen molar-refractivity contribution in [2.45, 2.75) is 13.0 Å². The number of aromatic nitrogens is 3. The average Bonchev–Trinajstić information content (AvgIpc) is 3.21. The summed E-state index contributed by atoms with van der Waals surface area (Å²) in [4.78, 5) is 18.1. The van der Waals surface area contributed by atoms with Crippen molar-refractivity contribution >= 4 is 33.4 Å². The topological polar surface area (TPSA) is 60.2 Å². The van der Waals surface area contributed by atoms with Gasteiger partial charge in [0.2, 0.25) is 0 Å². The lowest BCUT2D eigenvalue weighted by molar-refractivity contribution is -0.134. The Bertz CT molecular complexity index is 916. The van der Waals surface area contributed by atoms with Crippen molar-refractivity contribution in [3.05, 3.63) is 70.2 Å². The van der Waals surface area contributed by atoms with Crippen LogP contribution < -0.4 is 4.74 Å². The SMILES string of the molecule is CC(c1ccc(-n2cncn2)cc1)N(C)C(=O)COc1ccc(Br)cc1Cl. The normalized spacial score (nSPS) is 11.9. The fourth-order valence-corrected chi connectivity index (χ4v) is 3.25. The zero-order chi connectivity index (χ0) is 19.4. The molecule has 0 bridgehead atoms. The number of carbonyl (C=O) groups excluding carboxylic acids is 1. The van der Waals surface area contributed by atoms with E-state index in [1.807, 2.05) is 37.3 Å². The van der Waals surface area contributed by atoms with Crippen molar-refractivity contribution in [1.82, 2.24) is 19.7 Å². The Balaban J connectivity index is 1.62. The van der Waals surface area contributed by atoms with Gasteiger partial charge < -0.3 is 9.64 Å². The van der Waals surface area contributed by atoms with E-state index >= 15 is 0 Å². The van der Waals surface area contributed by atoms with Gasteiger partial charge >= 0.3 is 0 Å². The first kappa shape index (κ1) is 19.4. The van der Waals surface area contributed by atoms with E-state index < -0.39 is 0 Å². The number of amides is 1. The van der Waals surface area contributed by atoms with Gasteiger partial charge in [-0.1, -0.05) is 39.7 Å². The van der Waals surface area contributed by atoms with Crippen LogP contribution in [-0.4, -0.2) is 39.2 Å². The lowest BCUT2D eigenvalue weighted by Gasteiger charge is -2.25. The maximum atomic E-state index is 12.5. The zero-order valence-electron chi connectivity index (χ0n) is 14.8. The lowest BCUT2D eigenvalue weighted by atomic mass is 10.1. The highest BCUT2D eigenvalue weighted by atomic mass is 79.9. The second-order valence-corrected chi connectivity index (χ2v) is 7.30. The van der Waals surface area contributed by atoms with Crippen molar-refractivity contribution < 1.29 is 9.53 Å². The van der Waals surface area contributed by atoms with Gasteiger partial charge in [0.1, 0.15) is 18.4 Å². The van der Waals surface area contributed by atoms with Gasteiger partial charge in [-0.3, -0.25) is 4.79 Å². The molecule has 0 aliphatic carbocycles.